The number of nitrogens with one attached hydrogen (secondary N) is 1. The molecule has 10 heteroatoms. The maximum Gasteiger partial charge on any atom is 0.337 e. The van der Waals surface area contributed by atoms with Gasteiger partial charge in [0.2, 0.25) is 10.0 Å². The van der Waals surface area contributed by atoms with Crippen molar-refractivity contribution in [3.05, 3.63) is 94.0 Å². The number of sulfonamides is 1. The van der Waals surface area contributed by atoms with Gasteiger partial charge in [0, 0.05) is 11.3 Å². The Morgan fingerprint density at radius 3 is 1.78 bits per heavy atom. The van der Waals surface area contributed by atoms with Crippen LogP contribution in [0.1, 0.15) is 47.8 Å². The summed E-state index contributed by atoms with van der Waals surface area (Å²) in [4.78, 5) is 36.9. The molecule has 9 nitrogen and oxygen atoms in total. The zero-order valence-corrected chi connectivity index (χ0v) is 22.0. The van der Waals surface area contributed by atoms with Gasteiger partial charge in [0.05, 0.1) is 43.8 Å². The summed E-state index contributed by atoms with van der Waals surface area (Å²) < 4.78 is 36.0. The Balaban J connectivity index is 1.85. The summed E-state index contributed by atoms with van der Waals surface area (Å²) in [6.07, 6.45) is 1.16. The number of hydrogen-bond acceptors (Lipinski definition) is 7. The first-order valence-electron chi connectivity index (χ1n) is 11.2. The molecule has 0 fully saturated rings. The molecule has 0 bridgehead atoms. The van der Waals surface area contributed by atoms with Crippen LogP contribution in [0.3, 0.4) is 0 Å². The standard InChI is InChI=1S/C27H28N2O7S/c1-17-7-6-8-18(2)24(17)29(37(5,33)34)16-19-9-11-20(12-10-19)25(30)28-23-14-21(26(31)35-3)13-22(15-23)27(32)36-4/h6-15H,16H2,1-5H3,(H,28,30). The first-order valence-corrected chi connectivity index (χ1v) is 13.1. The maximum atomic E-state index is 12.9. The summed E-state index contributed by atoms with van der Waals surface area (Å²) in [7, 11) is -1.16. The predicted octanol–water partition coefficient (Wildman–Crippen LogP) is 4.10. The number of para-hydroxylation sites is 1. The van der Waals surface area contributed by atoms with Gasteiger partial charge in [-0.1, -0.05) is 30.3 Å². The Kier molecular flexibility index (Phi) is 8.34. The molecular formula is C27H28N2O7S. The van der Waals surface area contributed by atoms with Crippen LogP contribution in [0, 0.1) is 13.8 Å². The fourth-order valence-corrected chi connectivity index (χ4v) is 4.87. The number of benzene rings is 3. The maximum absolute atomic E-state index is 12.9. The van der Waals surface area contributed by atoms with E-state index in [2.05, 4.69) is 5.32 Å². The molecule has 0 unspecified atom stereocenters. The minimum Gasteiger partial charge on any atom is -0.465 e. The van der Waals surface area contributed by atoms with Gasteiger partial charge in [-0.15, -0.1) is 0 Å². The summed E-state index contributed by atoms with van der Waals surface area (Å²) in [5.74, 6) is -1.84. The molecule has 1 N–H and O–H groups in total. The molecule has 3 rings (SSSR count). The van der Waals surface area contributed by atoms with E-state index in [1.807, 2.05) is 32.0 Å². The molecule has 0 atom stereocenters. The minimum absolute atomic E-state index is 0.0726. The van der Waals surface area contributed by atoms with Gasteiger partial charge in [-0.2, -0.15) is 0 Å². The Morgan fingerprint density at radius 2 is 1.32 bits per heavy atom. The van der Waals surface area contributed by atoms with Crippen LogP contribution in [0.2, 0.25) is 0 Å². The van der Waals surface area contributed by atoms with Crippen LogP contribution in [-0.2, 0) is 26.0 Å². The number of anilines is 2. The SMILES string of the molecule is COC(=O)c1cc(NC(=O)c2ccc(CN(c3c(C)cccc3C)S(C)(=O)=O)cc2)cc(C(=O)OC)c1. The Morgan fingerprint density at radius 1 is 0.811 bits per heavy atom. The molecule has 3 aromatic carbocycles. The molecular weight excluding hydrogens is 496 g/mol. The van der Waals surface area contributed by atoms with Gasteiger partial charge in [0.15, 0.2) is 0 Å². The number of carbonyl (C=O) groups excluding carboxylic acids is 3. The van der Waals surface area contributed by atoms with E-state index in [1.165, 1.54) is 36.7 Å². The average molecular weight is 525 g/mol. The van der Waals surface area contributed by atoms with E-state index >= 15 is 0 Å². The van der Waals surface area contributed by atoms with Crippen molar-refractivity contribution in [1.29, 1.82) is 0 Å². The van der Waals surface area contributed by atoms with Crippen LogP contribution in [-0.4, -0.2) is 46.7 Å². The fraction of sp³-hybridized carbons (Fsp3) is 0.222. The van der Waals surface area contributed by atoms with Crippen molar-refractivity contribution in [2.75, 3.05) is 30.1 Å². The summed E-state index contributed by atoms with van der Waals surface area (Å²) in [6, 6.07) is 16.2. The highest BCUT2D eigenvalue weighted by atomic mass is 32.2. The van der Waals surface area contributed by atoms with Gasteiger partial charge in [-0.25, -0.2) is 18.0 Å². The lowest BCUT2D eigenvalue weighted by atomic mass is 10.1. The number of esters is 2. The Labute approximate surface area is 216 Å². The van der Waals surface area contributed by atoms with E-state index < -0.39 is 27.9 Å². The number of carbonyl (C=O) groups is 3. The molecule has 194 valence electrons. The van der Waals surface area contributed by atoms with E-state index in [1.54, 1.807) is 24.3 Å². The zero-order valence-electron chi connectivity index (χ0n) is 21.2. The molecule has 0 saturated carbocycles. The van der Waals surface area contributed by atoms with Crippen molar-refractivity contribution in [2.45, 2.75) is 20.4 Å². The van der Waals surface area contributed by atoms with Crippen LogP contribution in [0.15, 0.2) is 60.7 Å². The van der Waals surface area contributed by atoms with Gasteiger partial charge >= 0.3 is 11.9 Å². The molecule has 0 aliphatic carbocycles. The van der Waals surface area contributed by atoms with Crippen molar-refractivity contribution in [3.8, 4) is 0 Å². The number of ether oxygens (including phenoxy) is 2. The lowest BCUT2D eigenvalue weighted by Crippen LogP contribution is -2.30. The third-order valence-corrected chi connectivity index (χ3v) is 6.78. The first kappa shape index (κ1) is 27.4. The third-order valence-electron chi connectivity index (χ3n) is 5.66. The highest BCUT2D eigenvalue weighted by molar-refractivity contribution is 7.92. The second-order valence-electron chi connectivity index (χ2n) is 8.44. The monoisotopic (exact) mass is 524 g/mol. The van der Waals surface area contributed by atoms with Crippen LogP contribution in [0.5, 0.6) is 0 Å². The van der Waals surface area contributed by atoms with Crippen molar-refractivity contribution in [3.63, 3.8) is 0 Å². The number of aryl methyl sites for hydroxylation is 2. The second kappa shape index (κ2) is 11.3. The van der Waals surface area contributed by atoms with Gasteiger partial charge in [0.1, 0.15) is 0 Å². The number of methoxy groups -OCH3 is 2. The van der Waals surface area contributed by atoms with E-state index in [-0.39, 0.29) is 23.4 Å². The van der Waals surface area contributed by atoms with Crippen LogP contribution >= 0.6 is 0 Å². The second-order valence-corrected chi connectivity index (χ2v) is 10.4. The molecule has 0 aliphatic rings. The number of rotatable bonds is 8. The smallest absolute Gasteiger partial charge is 0.337 e. The highest BCUT2D eigenvalue weighted by Gasteiger charge is 2.22. The van der Waals surface area contributed by atoms with Gasteiger partial charge in [-0.05, 0) is 60.9 Å². The van der Waals surface area contributed by atoms with E-state index in [0.717, 1.165) is 17.4 Å². The predicted molar refractivity (Wildman–Crippen MR) is 140 cm³/mol. The summed E-state index contributed by atoms with van der Waals surface area (Å²) in [5, 5.41) is 2.66. The third kappa shape index (κ3) is 6.53. The van der Waals surface area contributed by atoms with E-state index in [0.29, 0.717) is 16.8 Å². The number of hydrogen-bond donors (Lipinski definition) is 1. The molecule has 37 heavy (non-hydrogen) atoms. The first-order chi connectivity index (χ1) is 17.4. The van der Waals surface area contributed by atoms with Crippen LogP contribution in [0.25, 0.3) is 0 Å². The summed E-state index contributed by atoms with van der Waals surface area (Å²) >= 11 is 0. The topological polar surface area (TPSA) is 119 Å². The number of amides is 1. The summed E-state index contributed by atoms with van der Waals surface area (Å²) in [6.45, 7) is 3.81. The number of nitrogens with zero attached hydrogens (tertiary/aromatic N) is 1. The van der Waals surface area contributed by atoms with E-state index in [4.69, 9.17) is 9.47 Å². The van der Waals surface area contributed by atoms with Gasteiger partial charge < -0.3 is 14.8 Å². The van der Waals surface area contributed by atoms with Crippen molar-refractivity contribution in [1.82, 2.24) is 0 Å². The quantitative estimate of drug-likeness (QED) is 0.441. The average Bonchev–Trinajstić information content (AvgIpc) is 2.86. The molecule has 0 aliphatic heterocycles. The molecule has 0 heterocycles. The highest BCUT2D eigenvalue weighted by Crippen LogP contribution is 2.28. The van der Waals surface area contributed by atoms with Crippen molar-refractivity contribution in [2.24, 2.45) is 0 Å². The Hall–Kier alpha value is -4.18. The van der Waals surface area contributed by atoms with Crippen LogP contribution in [0.4, 0.5) is 11.4 Å². The van der Waals surface area contributed by atoms with E-state index in [9.17, 15) is 22.8 Å². The zero-order chi connectivity index (χ0) is 27.3. The summed E-state index contributed by atoms with van der Waals surface area (Å²) in [5.41, 5.74) is 3.63. The lowest BCUT2D eigenvalue weighted by molar-refractivity contribution is 0.0598. The normalized spacial score (nSPS) is 10.9. The lowest BCUT2D eigenvalue weighted by Gasteiger charge is -2.26. The molecule has 0 radical (unpaired) electrons. The van der Waals surface area contributed by atoms with Crippen molar-refractivity contribution >= 4 is 39.2 Å². The van der Waals surface area contributed by atoms with Crippen molar-refractivity contribution < 1.29 is 32.3 Å². The molecule has 0 spiro atoms. The molecule has 1 amide bonds. The minimum atomic E-state index is -3.58. The molecule has 3 aromatic rings. The van der Waals surface area contributed by atoms with Gasteiger partial charge in [-0.3, -0.25) is 9.10 Å². The Bertz CT molecular complexity index is 1390. The molecule has 0 saturated heterocycles. The largest absolute Gasteiger partial charge is 0.465 e. The molecule has 0 aromatic heterocycles. The van der Waals surface area contributed by atoms with Crippen LogP contribution < -0.4 is 9.62 Å². The van der Waals surface area contributed by atoms with Gasteiger partial charge in [0.25, 0.3) is 5.91 Å². The fourth-order valence-electron chi connectivity index (χ4n) is 3.86.